The second kappa shape index (κ2) is 11.4. The number of nitrogens with one attached hydrogen (secondary N) is 1. The Bertz CT molecular complexity index is 657. The topological polar surface area (TPSA) is 99.0 Å². The van der Waals surface area contributed by atoms with E-state index in [2.05, 4.69) is 52.4 Å². The number of benzene rings is 2. The summed E-state index contributed by atoms with van der Waals surface area (Å²) < 4.78 is 16.1. The van der Waals surface area contributed by atoms with Crippen LogP contribution in [0, 0.1) is 0 Å². The summed E-state index contributed by atoms with van der Waals surface area (Å²) in [5, 5.41) is 3.36. The molecular formula is C17H23BrNO5P. The average molecular weight is 432 g/mol. The number of hydrogen-bond acceptors (Lipinski definition) is 3. The highest BCUT2D eigenvalue weighted by Crippen LogP contribution is 2.30. The highest BCUT2D eigenvalue weighted by Gasteiger charge is 2.14. The molecule has 8 heteroatoms. The van der Waals surface area contributed by atoms with Gasteiger partial charge >= 0.3 is 7.82 Å². The number of para-hydroxylation sites is 1. The first kappa shape index (κ1) is 21.8. The van der Waals surface area contributed by atoms with Gasteiger partial charge in [0.25, 0.3) is 0 Å². The minimum Gasteiger partial charge on any atom is -0.485 e. The van der Waals surface area contributed by atoms with E-state index in [0.29, 0.717) is 0 Å². The fourth-order valence-corrected chi connectivity index (χ4v) is 2.44. The van der Waals surface area contributed by atoms with Crippen LogP contribution in [-0.4, -0.2) is 27.8 Å². The van der Waals surface area contributed by atoms with Crippen molar-refractivity contribution < 1.29 is 24.0 Å². The molecule has 0 aliphatic heterocycles. The van der Waals surface area contributed by atoms with Crippen molar-refractivity contribution in [3.8, 4) is 5.75 Å². The molecule has 0 spiro atoms. The fraction of sp³-hybridized carbons (Fsp3) is 0.294. The first-order valence-corrected chi connectivity index (χ1v) is 10.1. The van der Waals surface area contributed by atoms with Gasteiger partial charge in [0.15, 0.2) is 0 Å². The van der Waals surface area contributed by atoms with Gasteiger partial charge in [0.2, 0.25) is 0 Å². The number of halogens is 1. The van der Waals surface area contributed by atoms with E-state index in [1.54, 1.807) is 0 Å². The SMILES string of the molecule is CCNCCC(Oc1ccccc1Br)c1ccccc1.O=P(O)(O)O. The van der Waals surface area contributed by atoms with Crippen LogP contribution in [0.5, 0.6) is 5.75 Å². The zero-order valence-electron chi connectivity index (χ0n) is 13.9. The normalized spacial score (nSPS) is 12.0. The molecule has 0 saturated heterocycles. The second-order valence-corrected chi connectivity index (χ2v) is 6.98. The largest absolute Gasteiger partial charge is 0.485 e. The number of rotatable bonds is 7. The molecule has 0 bridgehead atoms. The predicted molar refractivity (Wildman–Crippen MR) is 101 cm³/mol. The van der Waals surface area contributed by atoms with E-state index in [9.17, 15) is 0 Å². The molecular weight excluding hydrogens is 409 g/mol. The van der Waals surface area contributed by atoms with Crippen molar-refractivity contribution in [3.63, 3.8) is 0 Å². The van der Waals surface area contributed by atoms with Gasteiger partial charge in [-0.3, -0.25) is 0 Å². The van der Waals surface area contributed by atoms with Crippen LogP contribution in [0.2, 0.25) is 0 Å². The zero-order valence-corrected chi connectivity index (χ0v) is 16.4. The van der Waals surface area contributed by atoms with Gasteiger partial charge in [-0.2, -0.15) is 0 Å². The maximum absolute atomic E-state index is 8.88. The molecule has 0 amide bonds. The molecule has 0 heterocycles. The van der Waals surface area contributed by atoms with Gasteiger partial charge in [0, 0.05) is 6.42 Å². The highest BCUT2D eigenvalue weighted by atomic mass is 79.9. The van der Waals surface area contributed by atoms with Gasteiger partial charge in [-0.1, -0.05) is 49.4 Å². The number of hydrogen-bond donors (Lipinski definition) is 4. The Kier molecular flexibility index (Phi) is 9.97. The van der Waals surface area contributed by atoms with Crippen LogP contribution in [-0.2, 0) is 4.57 Å². The smallest absolute Gasteiger partial charge is 0.466 e. The van der Waals surface area contributed by atoms with E-state index in [4.69, 9.17) is 24.0 Å². The lowest BCUT2D eigenvalue weighted by molar-refractivity contribution is 0.193. The third kappa shape index (κ3) is 10.4. The summed E-state index contributed by atoms with van der Waals surface area (Å²) in [6, 6.07) is 18.4. The third-order valence-corrected chi connectivity index (χ3v) is 3.77. The second-order valence-electron chi connectivity index (χ2n) is 5.10. The Balaban J connectivity index is 0.000000550. The molecule has 1 atom stereocenters. The Labute approximate surface area is 156 Å². The zero-order chi connectivity index (χ0) is 18.7. The molecule has 25 heavy (non-hydrogen) atoms. The van der Waals surface area contributed by atoms with E-state index in [0.717, 1.165) is 29.7 Å². The van der Waals surface area contributed by atoms with E-state index in [1.807, 2.05) is 30.3 Å². The van der Waals surface area contributed by atoms with Crippen molar-refractivity contribution in [1.82, 2.24) is 5.32 Å². The molecule has 6 nitrogen and oxygen atoms in total. The molecule has 0 aliphatic rings. The minimum absolute atomic E-state index is 0.0638. The van der Waals surface area contributed by atoms with Crippen LogP contribution >= 0.6 is 23.8 Å². The monoisotopic (exact) mass is 431 g/mol. The van der Waals surface area contributed by atoms with Gasteiger partial charge in [0.05, 0.1) is 4.47 Å². The van der Waals surface area contributed by atoms with Crippen LogP contribution in [0.15, 0.2) is 59.1 Å². The van der Waals surface area contributed by atoms with E-state index >= 15 is 0 Å². The Morgan fingerprint density at radius 1 is 1.08 bits per heavy atom. The molecule has 0 saturated carbocycles. The van der Waals surface area contributed by atoms with E-state index < -0.39 is 7.82 Å². The summed E-state index contributed by atoms with van der Waals surface area (Å²) in [6.07, 6.45) is 1.01. The minimum atomic E-state index is -4.64. The molecule has 0 aliphatic carbocycles. The molecule has 4 N–H and O–H groups in total. The molecule has 2 rings (SSSR count). The maximum Gasteiger partial charge on any atom is 0.466 e. The maximum atomic E-state index is 8.88. The molecule has 0 fully saturated rings. The number of ether oxygens (including phenoxy) is 1. The van der Waals surface area contributed by atoms with Crippen molar-refractivity contribution in [2.75, 3.05) is 13.1 Å². The Morgan fingerprint density at radius 3 is 2.20 bits per heavy atom. The molecule has 0 aromatic heterocycles. The van der Waals surface area contributed by atoms with Crippen molar-refractivity contribution in [3.05, 3.63) is 64.6 Å². The van der Waals surface area contributed by atoms with Gasteiger partial charge < -0.3 is 24.7 Å². The van der Waals surface area contributed by atoms with Gasteiger partial charge in [-0.15, -0.1) is 0 Å². The lowest BCUT2D eigenvalue weighted by Gasteiger charge is -2.20. The molecule has 1 unspecified atom stereocenters. The average Bonchev–Trinajstić information content (AvgIpc) is 2.55. The van der Waals surface area contributed by atoms with Crippen LogP contribution in [0.25, 0.3) is 0 Å². The third-order valence-electron chi connectivity index (χ3n) is 3.11. The lowest BCUT2D eigenvalue weighted by Crippen LogP contribution is -2.19. The van der Waals surface area contributed by atoms with Crippen LogP contribution < -0.4 is 10.1 Å². The summed E-state index contributed by atoms with van der Waals surface area (Å²) in [4.78, 5) is 21.6. The quantitative estimate of drug-likeness (QED) is 0.394. The number of phosphoric acid groups is 1. The van der Waals surface area contributed by atoms with Gasteiger partial charge in [-0.25, -0.2) is 4.57 Å². The molecule has 0 radical (unpaired) electrons. The highest BCUT2D eigenvalue weighted by molar-refractivity contribution is 9.10. The van der Waals surface area contributed by atoms with Crippen LogP contribution in [0.4, 0.5) is 0 Å². The lowest BCUT2D eigenvalue weighted by atomic mass is 10.1. The molecule has 138 valence electrons. The van der Waals surface area contributed by atoms with Crippen molar-refractivity contribution in [1.29, 1.82) is 0 Å². The van der Waals surface area contributed by atoms with E-state index in [-0.39, 0.29) is 6.10 Å². The summed E-state index contributed by atoms with van der Waals surface area (Å²) >= 11 is 3.54. The fourth-order valence-electron chi connectivity index (χ4n) is 2.06. The molecule has 2 aromatic rings. The van der Waals surface area contributed by atoms with Crippen molar-refractivity contribution >= 4 is 23.8 Å². The van der Waals surface area contributed by atoms with Gasteiger partial charge in [-0.05, 0) is 46.7 Å². The van der Waals surface area contributed by atoms with Gasteiger partial charge in [0.1, 0.15) is 11.9 Å². The van der Waals surface area contributed by atoms with Crippen LogP contribution in [0.1, 0.15) is 25.0 Å². The van der Waals surface area contributed by atoms with Crippen molar-refractivity contribution in [2.45, 2.75) is 19.4 Å². The first-order valence-electron chi connectivity index (χ1n) is 7.76. The van der Waals surface area contributed by atoms with E-state index in [1.165, 1.54) is 5.56 Å². The predicted octanol–water partition coefficient (Wildman–Crippen LogP) is 3.64. The Morgan fingerprint density at radius 2 is 1.64 bits per heavy atom. The first-order chi connectivity index (χ1) is 11.8. The Hall–Kier alpha value is -1.21. The van der Waals surface area contributed by atoms with Crippen LogP contribution in [0.3, 0.4) is 0 Å². The molecule has 2 aromatic carbocycles. The standard InChI is InChI=1S/C17H20BrNO.H3O4P/c1-2-19-13-12-16(14-8-4-3-5-9-14)20-17-11-7-6-10-15(17)18;1-5(2,3)4/h3-11,16,19H,2,12-13H2,1H3;(H3,1,2,3,4). The summed E-state index contributed by atoms with van der Waals surface area (Å²) in [5.41, 5.74) is 1.21. The summed E-state index contributed by atoms with van der Waals surface area (Å²) in [5.74, 6) is 0.887. The van der Waals surface area contributed by atoms with Crippen molar-refractivity contribution in [2.24, 2.45) is 0 Å². The summed E-state index contributed by atoms with van der Waals surface area (Å²) in [6.45, 7) is 4.04. The summed E-state index contributed by atoms with van der Waals surface area (Å²) in [7, 11) is -4.64.